The summed E-state index contributed by atoms with van der Waals surface area (Å²) < 4.78 is 0. The van der Waals surface area contributed by atoms with E-state index in [1.807, 2.05) is 13.0 Å². The van der Waals surface area contributed by atoms with Gasteiger partial charge in [0.05, 0.1) is 5.70 Å². The lowest BCUT2D eigenvalue weighted by atomic mass is 10.2. The van der Waals surface area contributed by atoms with Gasteiger partial charge < -0.3 is 20.1 Å². The maximum absolute atomic E-state index is 10.1. The highest BCUT2D eigenvalue weighted by Crippen LogP contribution is 2.21. The lowest BCUT2D eigenvalue weighted by molar-refractivity contribution is -0.113. The largest absolute Gasteiger partial charge is 0.506 e. The van der Waals surface area contributed by atoms with Crippen LogP contribution in [0.5, 0.6) is 0 Å². The molecule has 5 heteroatoms. The summed E-state index contributed by atoms with van der Waals surface area (Å²) >= 11 is 0. The van der Waals surface area contributed by atoms with E-state index < -0.39 is 0 Å². The SMILES string of the molecule is C=C(/C=C(\C(O)=C/C)N1CCN(O)CC1)N1CCCC1. The number of nitrogens with zero attached hydrogens (tertiary/aromatic N) is 3. The van der Waals surface area contributed by atoms with Crippen LogP contribution in [0.3, 0.4) is 0 Å². The predicted molar refractivity (Wildman–Crippen MR) is 79.3 cm³/mol. The molecule has 0 bridgehead atoms. The molecule has 0 radical (unpaired) electrons. The first-order chi connectivity index (χ1) is 9.61. The van der Waals surface area contributed by atoms with Gasteiger partial charge in [0.1, 0.15) is 5.76 Å². The van der Waals surface area contributed by atoms with Gasteiger partial charge in [-0.15, -0.1) is 0 Å². The Balaban J connectivity index is 2.12. The van der Waals surface area contributed by atoms with Crippen molar-refractivity contribution in [2.75, 3.05) is 39.3 Å². The summed E-state index contributed by atoms with van der Waals surface area (Å²) in [6.07, 6.45) is 6.09. The van der Waals surface area contributed by atoms with Gasteiger partial charge in [-0.3, -0.25) is 0 Å². The molecule has 0 atom stereocenters. The van der Waals surface area contributed by atoms with Gasteiger partial charge in [-0.1, -0.05) is 6.58 Å². The molecule has 0 amide bonds. The molecule has 0 unspecified atom stereocenters. The van der Waals surface area contributed by atoms with Gasteiger partial charge in [0.15, 0.2) is 0 Å². The molecular weight excluding hydrogens is 254 g/mol. The number of hydrogen-bond donors (Lipinski definition) is 2. The van der Waals surface area contributed by atoms with Crippen molar-refractivity contribution in [2.45, 2.75) is 19.8 Å². The van der Waals surface area contributed by atoms with Crippen molar-refractivity contribution in [1.82, 2.24) is 14.9 Å². The van der Waals surface area contributed by atoms with Gasteiger partial charge in [-0.2, -0.15) is 5.06 Å². The molecule has 2 aliphatic rings. The van der Waals surface area contributed by atoms with E-state index in [0.29, 0.717) is 26.2 Å². The fraction of sp³-hybridized carbons (Fsp3) is 0.600. The smallest absolute Gasteiger partial charge is 0.134 e. The van der Waals surface area contributed by atoms with E-state index >= 15 is 0 Å². The van der Waals surface area contributed by atoms with Crippen molar-refractivity contribution in [3.05, 3.63) is 35.9 Å². The summed E-state index contributed by atoms with van der Waals surface area (Å²) in [6.45, 7) is 10.6. The number of piperazine rings is 1. The summed E-state index contributed by atoms with van der Waals surface area (Å²) in [5.74, 6) is 0.275. The minimum Gasteiger partial charge on any atom is -0.506 e. The van der Waals surface area contributed by atoms with Gasteiger partial charge in [0.2, 0.25) is 0 Å². The van der Waals surface area contributed by atoms with Gasteiger partial charge >= 0.3 is 0 Å². The van der Waals surface area contributed by atoms with Crippen molar-refractivity contribution < 1.29 is 10.3 Å². The zero-order chi connectivity index (χ0) is 14.5. The van der Waals surface area contributed by atoms with E-state index in [2.05, 4.69) is 16.4 Å². The molecule has 0 aromatic heterocycles. The summed E-state index contributed by atoms with van der Waals surface area (Å²) in [7, 11) is 0. The molecule has 0 aromatic rings. The molecule has 0 spiro atoms. The van der Waals surface area contributed by atoms with Crippen molar-refractivity contribution in [2.24, 2.45) is 0 Å². The molecule has 20 heavy (non-hydrogen) atoms. The second-order valence-corrected chi connectivity index (χ2v) is 5.33. The van der Waals surface area contributed by atoms with Crippen molar-refractivity contribution in [3.63, 3.8) is 0 Å². The van der Waals surface area contributed by atoms with Crippen LogP contribution in [-0.4, -0.2) is 64.4 Å². The topological polar surface area (TPSA) is 50.2 Å². The quantitative estimate of drug-likeness (QED) is 0.608. The van der Waals surface area contributed by atoms with E-state index in [0.717, 1.165) is 24.5 Å². The third-order valence-corrected chi connectivity index (χ3v) is 3.95. The van der Waals surface area contributed by atoms with Crippen molar-refractivity contribution in [1.29, 1.82) is 0 Å². The number of likely N-dealkylation sites (tertiary alicyclic amines) is 1. The Morgan fingerprint density at radius 3 is 2.15 bits per heavy atom. The molecule has 2 heterocycles. The number of rotatable bonds is 4. The van der Waals surface area contributed by atoms with E-state index in [4.69, 9.17) is 0 Å². The molecule has 112 valence electrons. The first kappa shape index (κ1) is 14.9. The average molecular weight is 279 g/mol. The molecule has 0 aliphatic carbocycles. The summed E-state index contributed by atoms with van der Waals surface area (Å²) in [4.78, 5) is 4.36. The Labute approximate surface area is 121 Å². The molecule has 2 aliphatic heterocycles. The number of aliphatic hydroxyl groups excluding tert-OH is 1. The number of hydrogen-bond acceptors (Lipinski definition) is 5. The molecule has 2 N–H and O–H groups in total. The van der Waals surface area contributed by atoms with Crippen LogP contribution >= 0.6 is 0 Å². The predicted octanol–water partition coefficient (Wildman–Crippen LogP) is 1.95. The van der Waals surface area contributed by atoms with Crippen LogP contribution < -0.4 is 0 Å². The highest BCUT2D eigenvalue weighted by atomic mass is 16.5. The molecular formula is C15H25N3O2. The molecule has 2 saturated heterocycles. The van der Waals surface area contributed by atoms with E-state index in [9.17, 15) is 10.3 Å². The van der Waals surface area contributed by atoms with Crippen LogP contribution in [0, 0.1) is 0 Å². The Morgan fingerprint density at radius 2 is 1.60 bits per heavy atom. The zero-order valence-corrected chi connectivity index (χ0v) is 12.3. The summed E-state index contributed by atoms with van der Waals surface area (Å²) in [5, 5.41) is 20.9. The van der Waals surface area contributed by atoms with E-state index in [1.54, 1.807) is 6.08 Å². The fourth-order valence-electron chi connectivity index (χ4n) is 2.67. The minimum absolute atomic E-state index is 0.275. The van der Waals surface area contributed by atoms with Crippen LogP contribution in [0.4, 0.5) is 0 Å². The molecule has 2 rings (SSSR count). The Hall–Kier alpha value is -1.46. The van der Waals surface area contributed by atoms with Crippen LogP contribution in [0.2, 0.25) is 0 Å². The Bertz CT molecular complexity index is 403. The highest BCUT2D eigenvalue weighted by molar-refractivity contribution is 5.31. The second-order valence-electron chi connectivity index (χ2n) is 5.33. The normalized spacial score (nSPS) is 22.5. The van der Waals surface area contributed by atoms with Crippen molar-refractivity contribution >= 4 is 0 Å². The maximum Gasteiger partial charge on any atom is 0.134 e. The maximum atomic E-state index is 10.1. The summed E-state index contributed by atoms with van der Waals surface area (Å²) in [6, 6.07) is 0. The highest BCUT2D eigenvalue weighted by Gasteiger charge is 2.21. The number of allylic oxidation sites excluding steroid dienone is 2. The molecule has 0 saturated carbocycles. The van der Waals surface area contributed by atoms with Gasteiger partial charge in [-0.25, -0.2) is 0 Å². The van der Waals surface area contributed by atoms with Crippen LogP contribution in [0.1, 0.15) is 19.8 Å². The van der Waals surface area contributed by atoms with Gasteiger partial charge in [0, 0.05) is 45.0 Å². The number of hydroxylamine groups is 2. The van der Waals surface area contributed by atoms with Gasteiger partial charge in [0.25, 0.3) is 0 Å². The van der Waals surface area contributed by atoms with Crippen molar-refractivity contribution in [3.8, 4) is 0 Å². The van der Waals surface area contributed by atoms with Crippen LogP contribution in [0.15, 0.2) is 35.9 Å². The molecule has 5 nitrogen and oxygen atoms in total. The Morgan fingerprint density at radius 1 is 1.00 bits per heavy atom. The summed E-state index contributed by atoms with van der Waals surface area (Å²) in [5.41, 5.74) is 1.76. The first-order valence-corrected chi connectivity index (χ1v) is 7.32. The monoisotopic (exact) mass is 279 g/mol. The fourth-order valence-corrected chi connectivity index (χ4v) is 2.67. The standard InChI is InChI=1S/C15H25N3O2/c1-3-15(19)14(17-8-10-18(20)11-9-17)12-13(2)16-6-4-5-7-16/h3,12,19-20H,2,4-11H2,1H3/b14-12+,15-3+. The van der Waals surface area contributed by atoms with Crippen LogP contribution in [-0.2, 0) is 0 Å². The second kappa shape index (κ2) is 6.81. The van der Waals surface area contributed by atoms with E-state index in [-0.39, 0.29) is 5.76 Å². The zero-order valence-electron chi connectivity index (χ0n) is 12.3. The number of aliphatic hydroxyl groups is 1. The first-order valence-electron chi connectivity index (χ1n) is 7.32. The lowest BCUT2D eigenvalue weighted by Gasteiger charge is -2.34. The van der Waals surface area contributed by atoms with E-state index in [1.165, 1.54) is 17.9 Å². The Kier molecular flexibility index (Phi) is 5.09. The van der Waals surface area contributed by atoms with Crippen LogP contribution in [0.25, 0.3) is 0 Å². The third kappa shape index (κ3) is 3.55. The lowest BCUT2D eigenvalue weighted by Crippen LogP contribution is -2.44. The average Bonchev–Trinajstić information content (AvgIpc) is 2.99. The minimum atomic E-state index is 0.275. The molecule has 0 aromatic carbocycles. The van der Waals surface area contributed by atoms with Gasteiger partial charge in [-0.05, 0) is 31.9 Å². The molecule has 2 fully saturated rings. The third-order valence-electron chi connectivity index (χ3n) is 3.95.